The number of benzene rings is 1. The van der Waals surface area contributed by atoms with Gasteiger partial charge in [0.25, 0.3) is 0 Å². The van der Waals surface area contributed by atoms with E-state index in [2.05, 4.69) is 51.3 Å². The molecule has 0 aliphatic carbocycles. The van der Waals surface area contributed by atoms with Gasteiger partial charge in [0.1, 0.15) is 5.75 Å². The first-order valence-electron chi connectivity index (χ1n) is 6.94. The average molecular weight is 354 g/mol. The van der Waals surface area contributed by atoms with Gasteiger partial charge in [-0.15, -0.1) is 0 Å². The van der Waals surface area contributed by atoms with E-state index in [-0.39, 0.29) is 0 Å². The molecule has 1 aromatic heterocycles. The minimum Gasteiger partial charge on any atom is -0.485 e. The van der Waals surface area contributed by atoms with E-state index in [4.69, 9.17) is 9.26 Å². The van der Waals surface area contributed by atoms with Crippen molar-refractivity contribution in [2.45, 2.75) is 33.9 Å². The number of nitrogens with zero attached hydrogens (tertiary/aromatic N) is 2. The second kappa shape index (κ2) is 7.56. The quantitative estimate of drug-likeness (QED) is 0.825. The number of hydrogen-bond acceptors (Lipinski definition) is 5. The monoisotopic (exact) mass is 353 g/mol. The Labute approximate surface area is 133 Å². The number of nitrogens with one attached hydrogen (secondary N) is 1. The molecule has 5 nitrogen and oxygen atoms in total. The summed E-state index contributed by atoms with van der Waals surface area (Å²) in [4.78, 5) is 3.97. The van der Waals surface area contributed by atoms with Crippen molar-refractivity contribution in [2.24, 2.45) is 5.92 Å². The maximum atomic E-state index is 5.88. The summed E-state index contributed by atoms with van der Waals surface area (Å²) in [6.07, 6.45) is 1.30. The van der Waals surface area contributed by atoms with Crippen LogP contribution in [0.4, 0.5) is 0 Å². The summed E-state index contributed by atoms with van der Waals surface area (Å²) in [7, 11) is 0. The molecule has 0 unspecified atom stereocenters. The Kier molecular flexibility index (Phi) is 5.76. The maximum absolute atomic E-state index is 5.88. The number of rotatable bonds is 7. The lowest BCUT2D eigenvalue weighted by atomic mass is 10.1. The van der Waals surface area contributed by atoms with Gasteiger partial charge in [-0.05, 0) is 37.1 Å². The van der Waals surface area contributed by atoms with Gasteiger partial charge in [0.05, 0.1) is 0 Å². The zero-order valence-electron chi connectivity index (χ0n) is 12.5. The molecule has 114 valence electrons. The highest BCUT2D eigenvalue weighted by Gasteiger charge is 2.11. The van der Waals surface area contributed by atoms with Crippen molar-refractivity contribution >= 4 is 15.9 Å². The molecule has 0 aliphatic rings. The molecule has 6 heteroatoms. The molecule has 0 spiro atoms. The van der Waals surface area contributed by atoms with Crippen LogP contribution in [0, 0.1) is 12.8 Å². The van der Waals surface area contributed by atoms with Gasteiger partial charge >= 0.3 is 0 Å². The number of aromatic nitrogens is 2. The van der Waals surface area contributed by atoms with E-state index in [1.54, 1.807) is 0 Å². The molecule has 0 aliphatic heterocycles. The summed E-state index contributed by atoms with van der Waals surface area (Å²) in [5, 5.41) is 7.20. The Morgan fingerprint density at radius 2 is 2.19 bits per heavy atom. The fraction of sp³-hybridized carbons (Fsp3) is 0.467. The van der Waals surface area contributed by atoms with Gasteiger partial charge in [0.15, 0.2) is 6.61 Å². The number of hydrogen-bond donors (Lipinski definition) is 1. The van der Waals surface area contributed by atoms with Crippen molar-refractivity contribution in [3.63, 3.8) is 0 Å². The van der Waals surface area contributed by atoms with E-state index in [9.17, 15) is 0 Å². The topological polar surface area (TPSA) is 60.2 Å². The molecular formula is C15H20BrN3O2. The van der Waals surface area contributed by atoms with E-state index in [0.717, 1.165) is 34.4 Å². The van der Waals surface area contributed by atoms with Crippen molar-refractivity contribution < 1.29 is 9.26 Å². The Balaban J connectivity index is 2.09. The first-order chi connectivity index (χ1) is 10.1. The average Bonchev–Trinajstić information content (AvgIpc) is 2.90. The number of aryl methyl sites for hydroxylation is 1. The number of halogens is 1. The summed E-state index contributed by atoms with van der Waals surface area (Å²) < 4.78 is 11.6. The van der Waals surface area contributed by atoms with Crippen LogP contribution in [0.15, 0.2) is 27.5 Å². The highest BCUT2D eigenvalue weighted by molar-refractivity contribution is 9.10. The molecule has 1 N–H and O–H groups in total. The van der Waals surface area contributed by atoms with Crippen molar-refractivity contribution in [2.75, 3.05) is 6.54 Å². The first-order valence-corrected chi connectivity index (χ1v) is 7.73. The van der Waals surface area contributed by atoms with E-state index < -0.39 is 0 Å². The highest BCUT2D eigenvalue weighted by atomic mass is 79.9. The minimum absolute atomic E-state index is 0.302. The van der Waals surface area contributed by atoms with Gasteiger partial charge in [-0.1, -0.05) is 34.9 Å². The standard InChI is InChI=1S/C15H20BrN3O2/c1-10(2)6-17-7-12-5-13(16)4-11(3)15(12)20-8-14-18-9-21-19-14/h4-5,9-10,17H,6-8H2,1-3H3. The fourth-order valence-electron chi connectivity index (χ4n) is 2.03. The van der Waals surface area contributed by atoms with E-state index in [1.807, 2.05) is 13.0 Å². The van der Waals surface area contributed by atoms with Crippen molar-refractivity contribution in [3.05, 3.63) is 40.0 Å². The van der Waals surface area contributed by atoms with Gasteiger partial charge in [0, 0.05) is 16.6 Å². The van der Waals surface area contributed by atoms with Crippen molar-refractivity contribution in [1.82, 2.24) is 15.5 Å². The molecule has 2 rings (SSSR count). The molecule has 0 atom stereocenters. The molecule has 0 bridgehead atoms. The van der Waals surface area contributed by atoms with Gasteiger partial charge in [0.2, 0.25) is 12.2 Å². The summed E-state index contributed by atoms with van der Waals surface area (Å²) in [6.45, 7) is 8.44. The molecule has 0 radical (unpaired) electrons. The summed E-state index contributed by atoms with van der Waals surface area (Å²) in [5.41, 5.74) is 2.19. The molecule has 0 saturated heterocycles. The van der Waals surface area contributed by atoms with Crippen LogP contribution in [0.3, 0.4) is 0 Å². The fourth-order valence-corrected chi connectivity index (χ4v) is 2.65. The predicted octanol–water partition coefficient (Wildman–Crippen LogP) is 3.47. The SMILES string of the molecule is Cc1cc(Br)cc(CNCC(C)C)c1OCc1ncon1. The van der Waals surface area contributed by atoms with Gasteiger partial charge in [-0.25, -0.2) is 0 Å². The third-order valence-corrected chi connectivity index (χ3v) is 3.39. The van der Waals surface area contributed by atoms with Gasteiger partial charge in [-0.2, -0.15) is 4.98 Å². The minimum atomic E-state index is 0.302. The van der Waals surface area contributed by atoms with Crippen LogP contribution >= 0.6 is 15.9 Å². The third-order valence-electron chi connectivity index (χ3n) is 2.94. The van der Waals surface area contributed by atoms with Gasteiger partial charge < -0.3 is 14.6 Å². The summed E-state index contributed by atoms with van der Waals surface area (Å²) in [5.74, 6) is 2.03. The smallest absolute Gasteiger partial charge is 0.213 e. The normalized spacial score (nSPS) is 11.1. The third kappa shape index (κ3) is 4.82. The second-order valence-corrected chi connectivity index (χ2v) is 6.29. The van der Waals surface area contributed by atoms with Crippen LogP contribution in [0.5, 0.6) is 5.75 Å². The molecular weight excluding hydrogens is 334 g/mol. The van der Waals surface area contributed by atoms with Crippen LogP contribution in [-0.2, 0) is 13.2 Å². The van der Waals surface area contributed by atoms with Crippen molar-refractivity contribution in [1.29, 1.82) is 0 Å². The van der Waals surface area contributed by atoms with E-state index in [0.29, 0.717) is 18.3 Å². The molecule has 0 fully saturated rings. The lowest BCUT2D eigenvalue weighted by molar-refractivity contribution is 0.281. The zero-order valence-corrected chi connectivity index (χ0v) is 14.1. The molecule has 0 saturated carbocycles. The molecule has 1 aromatic carbocycles. The maximum Gasteiger partial charge on any atom is 0.213 e. The lowest BCUT2D eigenvalue weighted by Gasteiger charge is -2.15. The van der Waals surface area contributed by atoms with Crippen LogP contribution in [0.1, 0.15) is 30.8 Å². The highest BCUT2D eigenvalue weighted by Crippen LogP contribution is 2.28. The molecule has 1 heterocycles. The predicted molar refractivity (Wildman–Crippen MR) is 84.1 cm³/mol. The summed E-state index contributed by atoms with van der Waals surface area (Å²) >= 11 is 3.53. The summed E-state index contributed by atoms with van der Waals surface area (Å²) in [6, 6.07) is 4.11. The van der Waals surface area contributed by atoms with Gasteiger partial charge in [-0.3, -0.25) is 0 Å². The Bertz CT molecular complexity index is 571. The number of ether oxygens (including phenoxy) is 1. The van der Waals surface area contributed by atoms with Crippen LogP contribution in [0.25, 0.3) is 0 Å². The second-order valence-electron chi connectivity index (χ2n) is 5.37. The Morgan fingerprint density at radius 1 is 1.38 bits per heavy atom. The van der Waals surface area contributed by atoms with E-state index in [1.165, 1.54) is 6.39 Å². The lowest BCUT2D eigenvalue weighted by Crippen LogP contribution is -2.19. The van der Waals surface area contributed by atoms with Crippen molar-refractivity contribution in [3.8, 4) is 5.75 Å². The molecule has 2 aromatic rings. The largest absolute Gasteiger partial charge is 0.485 e. The first kappa shape index (κ1) is 16.0. The molecule has 0 amide bonds. The van der Waals surface area contributed by atoms with Crippen LogP contribution < -0.4 is 10.1 Å². The van der Waals surface area contributed by atoms with Crippen LogP contribution in [-0.4, -0.2) is 16.7 Å². The van der Waals surface area contributed by atoms with E-state index >= 15 is 0 Å². The Hall–Kier alpha value is -1.40. The van der Waals surface area contributed by atoms with Crippen LogP contribution in [0.2, 0.25) is 0 Å². The molecule has 21 heavy (non-hydrogen) atoms. The Morgan fingerprint density at radius 3 is 2.86 bits per heavy atom. The zero-order chi connectivity index (χ0) is 15.2.